The zero-order chi connectivity index (χ0) is 21.3. The molecule has 3 nitrogen and oxygen atoms in total. The van der Waals surface area contributed by atoms with Crippen LogP contribution in [0.5, 0.6) is 0 Å². The first-order valence-corrected chi connectivity index (χ1v) is 12.5. The van der Waals surface area contributed by atoms with Crippen LogP contribution >= 0.6 is 27.3 Å². The lowest BCUT2D eigenvalue weighted by Gasteiger charge is -2.35. The van der Waals surface area contributed by atoms with Gasteiger partial charge >= 0.3 is 5.97 Å². The molecule has 0 amide bonds. The van der Waals surface area contributed by atoms with Crippen molar-refractivity contribution in [1.29, 1.82) is 0 Å². The molecule has 1 saturated carbocycles. The number of hydrogen-bond acceptors (Lipinski definition) is 4. The van der Waals surface area contributed by atoms with E-state index in [9.17, 15) is 4.79 Å². The Hall–Kier alpha value is -1.43. The number of esters is 1. The molecule has 1 aromatic carbocycles. The van der Waals surface area contributed by atoms with Gasteiger partial charge in [0, 0.05) is 28.0 Å². The first-order valence-electron chi connectivity index (χ1n) is 10.8. The molecular weight excluding hydrogens is 458 g/mol. The van der Waals surface area contributed by atoms with Crippen LogP contribution in [0, 0.1) is 11.8 Å². The maximum Gasteiger partial charge on any atom is 0.348 e. The molecule has 0 atom stereocenters. The van der Waals surface area contributed by atoms with E-state index in [4.69, 9.17) is 4.74 Å². The van der Waals surface area contributed by atoms with E-state index < -0.39 is 0 Å². The zero-order valence-electron chi connectivity index (χ0n) is 18.0. The fraction of sp³-hybridized carbons (Fsp3) is 0.480. The van der Waals surface area contributed by atoms with Crippen molar-refractivity contribution >= 4 is 38.8 Å². The number of hydrogen-bond donors (Lipinski definition) is 0. The van der Waals surface area contributed by atoms with Gasteiger partial charge < -0.3 is 9.64 Å². The maximum atomic E-state index is 12.7. The van der Waals surface area contributed by atoms with Crippen LogP contribution < -0.4 is 0 Å². The number of likely N-dealkylation sites (N-methyl/N-ethyl adjacent to an activating group) is 1. The summed E-state index contributed by atoms with van der Waals surface area (Å²) in [4.78, 5) is 17.0. The van der Waals surface area contributed by atoms with Gasteiger partial charge in [-0.3, -0.25) is 0 Å². The van der Waals surface area contributed by atoms with Gasteiger partial charge in [-0.1, -0.05) is 47.8 Å². The fourth-order valence-corrected chi connectivity index (χ4v) is 6.21. The lowest BCUT2D eigenvalue weighted by molar-refractivity contribution is 0.0606. The largest absolute Gasteiger partial charge is 0.465 e. The highest BCUT2D eigenvalue weighted by Gasteiger charge is 2.30. The van der Waals surface area contributed by atoms with Gasteiger partial charge in [0.05, 0.1) is 7.11 Å². The molecule has 0 unspecified atom stereocenters. The van der Waals surface area contributed by atoms with Gasteiger partial charge in [-0.05, 0) is 73.1 Å². The van der Waals surface area contributed by atoms with Crippen molar-refractivity contribution in [2.24, 2.45) is 11.8 Å². The number of ether oxygens (including phenoxy) is 1. The van der Waals surface area contributed by atoms with E-state index in [1.54, 1.807) is 16.9 Å². The Labute approximate surface area is 192 Å². The number of benzene rings is 1. The summed E-state index contributed by atoms with van der Waals surface area (Å²) < 4.78 is 6.24. The van der Waals surface area contributed by atoms with Crippen LogP contribution in [0.3, 0.4) is 0 Å². The molecule has 0 saturated heterocycles. The van der Waals surface area contributed by atoms with Gasteiger partial charge in [-0.15, -0.1) is 11.3 Å². The van der Waals surface area contributed by atoms with Crippen molar-refractivity contribution in [3.63, 3.8) is 0 Å². The lowest BCUT2D eigenvalue weighted by atomic mass is 9.75. The van der Waals surface area contributed by atoms with Crippen LogP contribution in [-0.4, -0.2) is 38.1 Å². The van der Waals surface area contributed by atoms with Crippen LogP contribution in [0.25, 0.3) is 16.0 Å². The van der Waals surface area contributed by atoms with E-state index in [-0.39, 0.29) is 5.97 Å². The Morgan fingerprint density at radius 1 is 1.17 bits per heavy atom. The quantitative estimate of drug-likeness (QED) is 0.440. The Bertz CT molecular complexity index is 939. The normalized spacial score (nSPS) is 22.9. The number of methoxy groups -OCH3 is 1. The van der Waals surface area contributed by atoms with Gasteiger partial charge in [0.1, 0.15) is 4.88 Å². The Morgan fingerprint density at radius 2 is 1.87 bits per heavy atom. The summed E-state index contributed by atoms with van der Waals surface area (Å²) in [6.45, 7) is 4.42. The van der Waals surface area contributed by atoms with Crippen LogP contribution in [0.4, 0.5) is 0 Å². The second-order valence-corrected chi connectivity index (χ2v) is 10.8. The Morgan fingerprint density at radius 3 is 2.53 bits per heavy atom. The first kappa shape index (κ1) is 21.8. The van der Waals surface area contributed by atoms with Crippen molar-refractivity contribution in [2.75, 3.05) is 27.2 Å². The molecule has 1 fully saturated rings. The summed E-state index contributed by atoms with van der Waals surface area (Å²) in [6.07, 6.45) is 6.15. The molecule has 0 bridgehead atoms. The number of carbonyl (C=O) groups is 1. The highest BCUT2D eigenvalue weighted by molar-refractivity contribution is 9.10. The predicted octanol–water partition coefficient (Wildman–Crippen LogP) is 6.88. The molecule has 1 aromatic heterocycles. The van der Waals surface area contributed by atoms with E-state index in [0.717, 1.165) is 50.8 Å². The molecule has 0 spiro atoms. The number of halogens is 1. The Balaban J connectivity index is 1.80. The summed E-state index contributed by atoms with van der Waals surface area (Å²) in [5, 5.41) is 0. The molecule has 30 heavy (non-hydrogen) atoms. The Kier molecular flexibility index (Phi) is 6.81. The second-order valence-electron chi connectivity index (χ2n) is 8.80. The fourth-order valence-electron chi connectivity index (χ4n) is 4.84. The number of thiophene rings is 1. The van der Waals surface area contributed by atoms with Crippen LogP contribution in [0.1, 0.15) is 54.3 Å². The molecular formula is C25H30BrNO2S. The molecule has 4 rings (SSSR count). The van der Waals surface area contributed by atoms with Crippen molar-refractivity contribution < 1.29 is 9.53 Å². The van der Waals surface area contributed by atoms with E-state index in [2.05, 4.69) is 65.1 Å². The summed E-state index contributed by atoms with van der Waals surface area (Å²) >= 11 is 5.07. The maximum absolute atomic E-state index is 12.7. The third kappa shape index (κ3) is 4.58. The van der Waals surface area contributed by atoms with Crippen molar-refractivity contribution in [3.8, 4) is 10.4 Å². The van der Waals surface area contributed by atoms with Crippen LogP contribution in [-0.2, 0) is 4.74 Å². The molecule has 0 radical (unpaired) electrons. The number of carbonyl (C=O) groups excluding carboxylic acids is 1. The first-order chi connectivity index (χ1) is 14.5. The summed E-state index contributed by atoms with van der Waals surface area (Å²) in [5.74, 6) is 1.25. The third-order valence-corrected chi connectivity index (χ3v) is 8.33. The van der Waals surface area contributed by atoms with E-state index in [1.807, 2.05) is 0 Å². The van der Waals surface area contributed by atoms with Crippen LogP contribution in [0.2, 0.25) is 0 Å². The summed E-state index contributed by atoms with van der Waals surface area (Å²) in [6, 6.07) is 10.5. The van der Waals surface area contributed by atoms with E-state index in [1.165, 1.54) is 38.4 Å². The smallest absolute Gasteiger partial charge is 0.348 e. The molecule has 1 aliphatic heterocycles. The van der Waals surface area contributed by atoms with E-state index in [0.29, 0.717) is 5.92 Å². The molecule has 160 valence electrons. The average Bonchev–Trinajstić information content (AvgIpc) is 3.19. The van der Waals surface area contributed by atoms with Crippen molar-refractivity contribution in [2.45, 2.75) is 39.0 Å². The summed E-state index contributed by atoms with van der Waals surface area (Å²) in [5.41, 5.74) is 5.20. The number of nitrogens with zero attached hydrogens (tertiary/aromatic N) is 1. The van der Waals surface area contributed by atoms with Crippen molar-refractivity contribution in [3.05, 3.63) is 50.8 Å². The van der Waals surface area contributed by atoms with Gasteiger partial charge in [-0.2, -0.15) is 0 Å². The van der Waals surface area contributed by atoms with Crippen molar-refractivity contribution in [1.82, 2.24) is 4.90 Å². The predicted molar refractivity (Wildman–Crippen MR) is 129 cm³/mol. The topological polar surface area (TPSA) is 29.5 Å². The summed E-state index contributed by atoms with van der Waals surface area (Å²) in [7, 11) is 3.70. The zero-order valence-corrected chi connectivity index (χ0v) is 20.4. The second kappa shape index (κ2) is 9.37. The molecule has 5 heteroatoms. The monoisotopic (exact) mass is 487 g/mol. The number of rotatable bonds is 4. The highest BCUT2D eigenvalue weighted by atomic mass is 79.9. The minimum absolute atomic E-state index is 0.221. The molecule has 2 aliphatic rings. The highest BCUT2D eigenvalue weighted by Crippen LogP contribution is 2.43. The molecule has 0 N–H and O–H groups in total. The third-order valence-electron chi connectivity index (χ3n) is 6.64. The minimum atomic E-state index is -0.221. The molecule has 2 aromatic rings. The molecule has 2 heterocycles. The van der Waals surface area contributed by atoms with E-state index >= 15 is 0 Å². The molecule has 1 aliphatic carbocycles. The van der Waals surface area contributed by atoms with Gasteiger partial charge in [-0.25, -0.2) is 4.79 Å². The van der Waals surface area contributed by atoms with Crippen LogP contribution in [0.15, 0.2) is 40.4 Å². The lowest BCUT2D eigenvalue weighted by Crippen LogP contribution is -2.31. The minimum Gasteiger partial charge on any atom is -0.465 e. The average molecular weight is 488 g/mol. The SMILES string of the molecule is COC(=O)c1sc(-c2ccc(Br)cc2)cc1C1=C(C2CCC(C)CC2)CN(C)CC1. The van der Waals surface area contributed by atoms with Gasteiger partial charge in [0.15, 0.2) is 0 Å². The van der Waals surface area contributed by atoms with Gasteiger partial charge in [0.25, 0.3) is 0 Å². The van der Waals surface area contributed by atoms with Gasteiger partial charge in [0.2, 0.25) is 0 Å². The standard InChI is InChI=1S/C25H30BrNO2S/c1-16-4-6-17(7-5-16)22-15-27(2)13-12-20(22)21-14-23(30-24(21)25(28)29-3)18-8-10-19(26)11-9-18/h8-11,14,16-17H,4-7,12-13,15H2,1-3H3.